The van der Waals surface area contributed by atoms with E-state index in [1.165, 1.54) is 22.7 Å². The molecule has 1 unspecified atom stereocenters. The second kappa shape index (κ2) is 13.2. The van der Waals surface area contributed by atoms with Gasteiger partial charge in [0.25, 0.3) is 0 Å². The Morgan fingerprint density at radius 3 is 2.19 bits per heavy atom. The van der Waals surface area contributed by atoms with Gasteiger partial charge in [-0.15, -0.1) is 20.4 Å². The first-order valence-electron chi connectivity index (χ1n) is 12.3. The summed E-state index contributed by atoms with van der Waals surface area (Å²) in [6.07, 6.45) is 11.8. The van der Waals surface area contributed by atoms with Crippen molar-refractivity contribution in [1.82, 2.24) is 20.4 Å². The predicted molar refractivity (Wildman–Crippen MR) is 149 cm³/mol. The SMILES string of the molecule is C=C/C=C\C(=C/C)CC(=O)Nc1nnc(C2CCC[C@H](c3nnc(NC(=O)Cc4ccccc4)s3)C2)s1. The lowest BCUT2D eigenvalue weighted by Crippen LogP contribution is -2.14. The number of anilines is 2. The molecule has 8 nitrogen and oxygen atoms in total. The number of aromatic nitrogens is 4. The Hall–Kier alpha value is -3.50. The highest BCUT2D eigenvalue weighted by atomic mass is 32.1. The summed E-state index contributed by atoms with van der Waals surface area (Å²) in [5.41, 5.74) is 1.87. The minimum Gasteiger partial charge on any atom is -0.300 e. The fraction of sp³-hybridized carbons (Fsp3) is 0.333. The largest absolute Gasteiger partial charge is 0.300 e. The molecule has 0 saturated heterocycles. The number of amides is 2. The van der Waals surface area contributed by atoms with E-state index in [1.807, 2.05) is 55.5 Å². The molecular weight excluding hydrogens is 504 g/mol. The molecule has 1 aliphatic rings. The molecule has 2 aromatic heterocycles. The topological polar surface area (TPSA) is 110 Å². The van der Waals surface area contributed by atoms with Crippen LogP contribution in [0.4, 0.5) is 10.3 Å². The Labute approximate surface area is 224 Å². The average Bonchev–Trinajstić information content (AvgIpc) is 3.57. The molecule has 0 bridgehead atoms. The molecule has 0 spiro atoms. The molecule has 1 aliphatic carbocycles. The van der Waals surface area contributed by atoms with Crippen molar-refractivity contribution in [3.63, 3.8) is 0 Å². The van der Waals surface area contributed by atoms with Crippen molar-refractivity contribution >= 4 is 44.8 Å². The van der Waals surface area contributed by atoms with Crippen LogP contribution in [-0.2, 0) is 16.0 Å². The molecule has 2 atom stereocenters. The summed E-state index contributed by atoms with van der Waals surface area (Å²) in [5.74, 6) is 0.286. The third-order valence-electron chi connectivity index (χ3n) is 6.14. The van der Waals surface area contributed by atoms with Crippen molar-refractivity contribution in [2.75, 3.05) is 10.6 Å². The lowest BCUT2D eigenvalue weighted by molar-refractivity contribution is -0.116. The van der Waals surface area contributed by atoms with Crippen molar-refractivity contribution in [3.8, 4) is 0 Å². The van der Waals surface area contributed by atoms with Gasteiger partial charge < -0.3 is 10.6 Å². The van der Waals surface area contributed by atoms with Crippen molar-refractivity contribution in [1.29, 1.82) is 0 Å². The smallest absolute Gasteiger partial charge is 0.230 e. The van der Waals surface area contributed by atoms with Crippen molar-refractivity contribution in [2.24, 2.45) is 0 Å². The molecule has 3 aromatic rings. The van der Waals surface area contributed by atoms with Gasteiger partial charge in [-0.25, -0.2) is 0 Å². The van der Waals surface area contributed by atoms with E-state index in [-0.39, 0.29) is 30.1 Å². The quantitative estimate of drug-likeness (QED) is 0.307. The van der Waals surface area contributed by atoms with E-state index in [4.69, 9.17) is 0 Å². The summed E-state index contributed by atoms with van der Waals surface area (Å²) in [6, 6.07) is 9.63. The fourth-order valence-electron chi connectivity index (χ4n) is 4.28. The lowest BCUT2D eigenvalue weighted by Gasteiger charge is -2.25. The zero-order chi connectivity index (χ0) is 26.0. The number of nitrogens with one attached hydrogen (secondary N) is 2. The molecule has 0 aliphatic heterocycles. The number of benzene rings is 1. The first kappa shape index (κ1) is 26.6. The minimum atomic E-state index is -0.123. The Morgan fingerprint density at radius 2 is 1.59 bits per heavy atom. The van der Waals surface area contributed by atoms with Crippen molar-refractivity contribution < 1.29 is 9.59 Å². The van der Waals surface area contributed by atoms with Gasteiger partial charge in [0.15, 0.2) is 0 Å². The van der Waals surface area contributed by atoms with Crippen LogP contribution < -0.4 is 10.6 Å². The maximum atomic E-state index is 12.4. The highest BCUT2D eigenvalue weighted by molar-refractivity contribution is 7.15. The number of rotatable bonds is 10. The third-order valence-corrected chi connectivity index (χ3v) is 8.14. The molecule has 1 fully saturated rings. The van der Waals surface area contributed by atoms with Gasteiger partial charge in [0, 0.05) is 11.8 Å². The van der Waals surface area contributed by atoms with Crippen LogP contribution in [0.3, 0.4) is 0 Å². The molecule has 1 saturated carbocycles. The third kappa shape index (κ3) is 7.74. The average molecular weight is 535 g/mol. The molecule has 192 valence electrons. The number of allylic oxidation sites excluding steroid dienone is 4. The summed E-state index contributed by atoms with van der Waals surface area (Å²) >= 11 is 2.88. The van der Waals surface area contributed by atoms with Gasteiger partial charge in [0.05, 0.1) is 12.8 Å². The number of hydrogen-bond donors (Lipinski definition) is 2. The van der Waals surface area contributed by atoms with Crippen molar-refractivity contribution in [3.05, 3.63) is 82.4 Å². The van der Waals surface area contributed by atoms with E-state index >= 15 is 0 Å². The Balaban J connectivity index is 1.31. The van der Waals surface area contributed by atoms with Crippen LogP contribution in [0.25, 0.3) is 0 Å². The fourth-order valence-corrected chi connectivity index (χ4v) is 6.09. The number of nitrogens with zero attached hydrogens (tertiary/aromatic N) is 4. The van der Waals surface area contributed by atoms with Gasteiger partial charge in [-0.1, -0.05) is 90.3 Å². The molecule has 0 radical (unpaired) electrons. The highest BCUT2D eigenvalue weighted by Gasteiger charge is 2.29. The standard InChI is InChI=1S/C27H30N6O2S2/c1-3-5-10-18(4-2)15-22(34)28-26-32-30-24(36-26)20-13-9-14-21(17-20)25-31-33-27(37-25)29-23(35)16-19-11-7-6-8-12-19/h3-8,10-12,20-21H,1,9,13-17H2,2H3,(H,28,32,34)(H,29,33,35)/b10-5-,18-4+/t20?,21-/m0/s1. The van der Waals surface area contributed by atoms with Crippen LogP contribution in [0.5, 0.6) is 0 Å². The van der Waals surface area contributed by atoms with Gasteiger partial charge in [0.1, 0.15) is 10.0 Å². The molecule has 4 rings (SSSR count). The van der Waals surface area contributed by atoms with Gasteiger partial charge in [0.2, 0.25) is 22.1 Å². The molecule has 2 amide bonds. The zero-order valence-corrected chi connectivity index (χ0v) is 22.4. The zero-order valence-electron chi connectivity index (χ0n) is 20.7. The number of hydrogen-bond acceptors (Lipinski definition) is 8. The summed E-state index contributed by atoms with van der Waals surface area (Å²) in [6.45, 7) is 5.56. The summed E-state index contributed by atoms with van der Waals surface area (Å²) in [4.78, 5) is 24.8. The summed E-state index contributed by atoms with van der Waals surface area (Å²) in [7, 11) is 0. The molecule has 2 heterocycles. The molecular formula is C27H30N6O2S2. The molecule has 37 heavy (non-hydrogen) atoms. The molecule has 10 heteroatoms. The number of carbonyl (C=O) groups excluding carboxylic acids is 2. The molecule has 2 N–H and O–H groups in total. The Bertz CT molecular complexity index is 1280. The number of carbonyl (C=O) groups is 2. The maximum Gasteiger partial charge on any atom is 0.230 e. The van der Waals surface area contributed by atoms with Crippen LogP contribution in [0.2, 0.25) is 0 Å². The van der Waals surface area contributed by atoms with Gasteiger partial charge in [-0.05, 0) is 37.3 Å². The van der Waals surface area contributed by atoms with Gasteiger partial charge in [-0.3, -0.25) is 9.59 Å². The van der Waals surface area contributed by atoms with Crippen LogP contribution >= 0.6 is 22.7 Å². The first-order valence-corrected chi connectivity index (χ1v) is 13.9. The van der Waals surface area contributed by atoms with E-state index in [9.17, 15) is 9.59 Å². The summed E-state index contributed by atoms with van der Waals surface area (Å²) in [5, 5.41) is 25.8. The second-order valence-electron chi connectivity index (χ2n) is 8.85. The Kier molecular flexibility index (Phi) is 9.45. The normalized spacial score (nSPS) is 18.0. The highest BCUT2D eigenvalue weighted by Crippen LogP contribution is 2.43. The predicted octanol–water partition coefficient (Wildman–Crippen LogP) is 6.03. The van der Waals surface area contributed by atoms with Crippen LogP contribution in [0.15, 0.2) is 66.8 Å². The van der Waals surface area contributed by atoms with E-state index in [2.05, 4.69) is 37.6 Å². The minimum absolute atomic E-state index is 0.0999. The second-order valence-corrected chi connectivity index (χ2v) is 10.9. The summed E-state index contributed by atoms with van der Waals surface area (Å²) < 4.78 is 0. The lowest BCUT2D eigenvalue weighted by atomic mass is 9.82. The van der Waals surface area contributed by atoms with E-state index in [0.29, 0.717) is 16.7 Å². The monoisotopic (exact) mass is 534 g/mol. The van der Waals surface area contributed by atoms with E-state index in [0.717, 1.165) is 46.8 Å². The Morgan fingerprint density at radius 1 is 0.973 bits per heavy atom. The van der Waals surface area contributed by atoms with Crippen molar-refractivity contribution in [2.45, 2.75) is 57.3 Å². The first-order chi connectivity index (χ1) is 18.0. The maximum absolute atomic E-state index is 12.4. The van der Waals surface area contributed by atoms with Crippen LogP contribution in [0, 0.1) is 0 Å². The van der Waals surface area contributed by atoms with E-state index < -0.39 is 0 Å². The van der Waals surface area contributed by atoms with E-state index in [1.54, 1.807) is 6.08 Å². The molecule has 1 aromatic carbocycles. The van der Waals surface area contributed by atoms with Crippen LogP contribution in [0.1, 0.15) is 66.4 Å². The van der Waals surface area contributed by atoms with Gasteiger partial charge >= 0.3 is 0 Å². The van der Waals surface area contributed by atoms with Gasteiger partial charge in [-0.2, -0.15) is 0 Å². The van der Waals surface area contributed by atoms with Crippen LogP contribution in [-0.4, -0.2) is 32.2 Å².